The molecule has 0 unspecified atom stereocenters. The average Bonchev–Trinajstić information content (AvgIpc) is 3.19. The topological polar surface area (TPSA) is 72.9 Å². The first-order chi connectivity index (χ1) is 14.7. The first-order valence-corrected chi connectivity index (χ1v) is 12.1. The number of benzene rings is 2. The minimum atomic E-state index is -4.10. The Kier molecular flexibility index (Phi) is 7.62. The summed E-state index contributed by atoms with van der Waals surface area (Å²) < 4.78 is 36.7. The standard InChI is InChI=1S/C23H28ClNO5S/c1-16(2)23(26)25(15-20-10-6-12-29-20)14-18-8-5-9-19(13-18)30-31(27,28)22-17(3)7-4-11-21(22)24/h4-5,7-9,11,13,16,20H,6,10,12,14-15H2,1-3H3/t20-/m0/s1. The van der Waals surface area contributed by atoms with Gasteiger partial charge in [-0.15, -0.1) is 0 Å². The van der Waals surface area contributed by atoms with Crippen molar-refractivity contribution in [2.75, 3.05) is 13.2 Å². The summed E-state index contributed by atoms with van der Waals surface area (Å²) in [6, 6.07) is 11.6. The van der Waals surface area contributed by atoms with E-state index in [1.807, 2.05) is 19.9 Å². The molecule has 2 aromatic rings. The fourth-order valence-electron chi connectivity index (χ4n) is 3.65. The number of hydrogen-bond donors (Lipinski definition) is 0. The molecule has 1 aliphatic rings. The fraction of sp³-hybridized carbons (Fsp3) is 0.435. The van der Waals surface area contributed by atoms with Crippen LogP contribution in [0.1, 0.15) is 37.8 Å². The Bertz CT molecular complexity index is 1010. The Morgan fingerprint density at radius 2 is 2.00 bits per heavy atom. The summed E-state index contributed by atoms with van der Waals surface area (Å²) >= 11 is 6.11. The Morgan fingerprint density at radius 1 is 1.26 bits per heavy atom. The van der Waals surface area contributed by atoms with Crippen molar-refractivity contribution in [2.45, 2.75) is 51.2 Å². The van der Waals surface area contributed by atoms with E-state index in [0.29, 0.717) is 18.7 Å². The number of halogens is 1. The number of nitrogens with zero attached hydrogens (tertiary/aromatic N) is 1. The zero-order valence-corrected chi connectivity index (χ0v) is 19.6. The van der Waals surface area contributed by atoms with Gasteiger partial charge in [-0.05, 0) is 49.1 Å². The molecule has 31 heavy (non-hydrogen) atoms. The molecule has 1 saturated heterocycles. The van der Waals surface area contributed by atoms with Crippen LogP contribution in [0.4, 0.5) is 0 Å². The van der Waals surface area contributed by atoms with Gasteiger partial charge in [0.15, 0.2) is 0 Å². The minimum absolute atomic E-state index is 0.0288. The molecule has 0 saturated carbocycles. The molecular weight excluding hydrogens is 438 g/mol. The molecule has 0 N–H and O–H groups in total. The monoisotopic (exact) mass is 465 g/mol. The van der Waals surface area contributed by atoms with E-state index in [4.69, 9.17) is 20.5 Å². The van der Waals surface area contributed by atoms with Gasteiger partial charge < -0.3 is 13.8 Å². The van der Waals surface area contributed by atoms with Crippen molar-refractivity contribution < 1.29 is 22.1 Å². The normalized spacial score (nSPS) is 16.5. The first kappa shape index (κ1) is 23.6. The maximum absolute atomic E-state index is 12.8. The van der Waals surface area contributed by atoms with Gasteiger partial charge in [0.1, 0.15) is 10.6 Å². The number of rotatable bonds is 8. The molecule has 1 fully saturated rings. The van der Waals surface area contributed by atoms with Crippen LogP contribution < -0.4 is 4.18 Å². The number of aryl methyl sites for hydroxylation is 1. The molecule has 3 rings (SSSR count). The molecule has 0 spiro atoms. The lowest BCUT2D eigenvalue weighted by Crippen LogP contribution is -2.39. The summed E-state index contributed by atoms with van der Waals surface area (Å²) in [4.78, 5) is 14.5. The summed E-state index contributed by atoms with van der Waals surface area (Å²) in [5.74, 6) is 0.0522. The molecule has 1 atom stereocenters. The lowest BCUT2D eigenvalue weighted by Gasteiger charge is -2.27. The molecule has 0 aromatic heterocycles. The second-order valence-corrected chi connectivity index (χ2v) is 9.97. The van der Waals surface area contributed by atoms with Crippen molar-refractivity contribution in [3.63, 3.8) is 0 Å². The molecule has 8 heteroatoms. The van der Waals surface area contributed by atoms with Crippen molar-refractivity contribution in [3.05, 3.63) is 58.6 Å². The minimum Gasteiger partial charge on any atom is -0.379 e. The zero-order valence-electron chi connectivity index (χ0n) is 18.0. The van der Waals surface area contributed by atoms with Crippen LogP contribution in [0.5, 0.6) is 5.75 Å². The van der Waals surface area contributed by atoms with E-state index in [1.54, 1.807) is 42.2 Å². The van der Waals surface area contributed by atoms with Gasteiger partial charge in [-0.25, -0.2) is 0 Å². The molecule has 1 aliphatic heterocycles. The molecule has 2 aromatic carbocycles. The van der Waals surface area contributed by atoms with Gasteiger partial charge in [0.2, 0.25) is 5.91 Å². The third kappa shape index (κ3) is 5.99. The Balaban J connectivity index is 1.80. The summed E-state index contributed by atoms with van der Waals surface area (Å²) in [7, 11) is -4.10. The molecule has 0 aliphatic carbocycles. The van der Waals surface area contributed by atoms with Crippen LogP contribution in [0.25, 0.3) is 0 Å². The maximum atomic E-state index is 12.8. The highest BCUT2D eigenvalue weighted by Gasteiger charge is 2.25. The Hall–Kier alpha value is -2.09. The summed E-state index contributed by atoms with van der Waals surface area (Å²) in [5.41, 5.74) is 1.28. The maximum Gasteiger partial charge on any atom is 0.340 e. The second-order valence-electron chi connectivity index (χ2n) is 8.08. The number of amides is 1. The SMILES string of the molecule is Cc1cccc(Cl)c1S(=O)(=O)Oc1cccc(CN(C[C@@H]2CCCO2)C(=O)C(C)C)c1. The van der Waals surface area contributed by atoms with Crippen LogP contribution in [-0.4, -0.2) is 38.5 Å². The molecule has 1 heterocycles. The Labute approximate surface area is 189 Å². The molecule has 6 nitrogen and oxygen atoms in total. The van der Waals surface area contributed by atoms with Gasteiger partial charge in [-0.1, -0.05) is 49.7 Å². The van der Waals surface area contributed by atoms with Gasteiger partial charge in [-0.3, -0.25) is 4.79 Å². The van der Waals surface area contributed by atoms with Gasteiger partial charge in [0.05, 0.1) is 11.1 Å². The van der Waals surface area contributed by atoms with E-state index >= 15 is 0 Å². The largest absolute Gasteiger partial charge is 0.379 e. The van der Waals surface area contributed by atoms with E-state index in [2.05, 4.69) is 0 Å². The van der Waals surface area contributed by atoms with E-state index in [-0.39, 0.29) is 33.6 Å². The van der Waals surface area contributed by atoms with E-state index in [1.165, 1.54) is 6.07 Å². The predicted octanol–water partition coefficient (Wildman–Crippen LogP) is 4.58. The third-order valence-corrected chi connectivity index (χ3v) is 7.03. The molecule has 0 radical (unpaired) electrons. The third-order valence-electron chi connectivity index (χ3n) is 5.15. The van der Waals surface area contributed by atoms with Crippen molar-refractivity contribution in [1.29, 1.82) is 0 Å². The zero-order chi connectivity index (χ0) is 22.6. The van der Waals surface area contributed by atoms with Gasteiger partial charge in [0.25, 0.3) is 0 Å². The van der Waals surface area contributed by atoms with Crippen molar-refractivity contribution in [3.8, 4) is 5.75 Å². The molecule has 168 valence electrons. The molecule has 1 amide bonds. The first-order valence-electron chi connectivity index (χ1n) is 10.4. The average molecular weight is 466 g/mol. The fourth-order valence-corrected chi connectivity index (χ4v) is 5.36. The smallest absolute Gasteiger partial charge is 0.340 e. The van der Waals surface area contributed by atoms with E-state index in [9.17, 15) is 13.2 Å². The van der Waals surface area contributed by atoms with Gasteiger partial charge in [-0.2, -0.15) is 8.42 Å². The lowest BCUT2D eigenvalue weighted by molar-refractivity contribution is -0.136. The highest BCUT2D eigenvalue weighted by atomic mass is 35.5. The summed E-state index contributed by atoms with van der Waals surface area (Å²) in [5, 5.41) is 0.112. The number of ether oxygens (including phenoxy) is 1. The van der Waals surface area contributed by atoms with E-state index in [0.717, 1.165) is 25.0 Å². The van der Waals surface area contributed by atoms with Crippen molar-refractivity contribution >= 4 is 27.6 Å². The van der Waals surface area contributed by atoms with Gasteiger partial charge in [0, 0.05) is 25.6 Å². The quantitative estimate of drug-likeness (QED) is 0.533. The van der Waals surface area contributed by atoms with Crippen LogP contribution in [0, 0.1) is 12.8 Å². The van der Waals surface area contributed by atoms with E-state index < -0.39 is 10.1 Å². The van der Waals surface area contributed by atoms with Crippen molar-refractivity contribution in [1.82, 2.24) is 4.90 Å². The highest BCUT2D eigenvalue weighted by molar-refractivity contribution is 7.87. The van der Waals surface area contributed by atoms with Crippen LogP contribution in [-0.2, 0) is 26.2 Å². The number of hydrogen-bond acceptors (Lipinski definition) is 5. The van der Waals surface area contributed by atoms with Crippen LogP contribution in [0.2, 0.25) is 5.02 Å². The summed E-state index contributed by atoms with van der Waals surface area (Å²) in [6.07, 6.45) is 1.96. The number of carbonyl (C=O) groups excluding carboxylic acids is 1. The molecule has 0 bridgehead atoms. The predicted molar refractivity (Wildman–Crippen MR) is 120 cm³/mol. The van der Waals surface area contributed by atoms with Crippen molar-refractivity contribution in [2.24, 2.45) is 5.92 Å². The lowest BCUT2D eigenvalue weighted by atomic mass is 10.1. The summed E-state index contributed by atoms with van der Waals surface area (Å²) in [6.45, 7) is 6.97. The Morgan fingerprint density at radius 3 is 2.65 bits per heavy atom. The van der Waals surface area contributed by atoms with Crippen LogP contribution in [0.15, 0.2) is 47.4 Å². The van der Waals surface area contributed by atoms with Crippen LogP contribution in [0.3, 0.4) is 0 Å². The second kappa shape index (κ2) is 10.0. The molecular formula is C23H28ClNO5S. The number of carbonyl (C=O) groups is 1. The van der Waals surface area contributed by atoms with Crippen LogP contribution >= 0.6 is 11.6 Å². The van der Waals surface area contributed by atoms with Gasteiger partial charge >= 0.3 is 10.1 Å². The highest BCUT2D eigenvalue weighted by Crippen LogP contribution is 2.28.